The Labute approximate surface area is 45.1 Å². The zero-order valence-corrected chi connectivity index (χ0v) is 4.63. The molecule has 0 spiro atoms. The second-order valence-corrected chi connectivity index (χ2v) is 2.46. The highest BCUT2D eigenvalue weighted by Crippen LogP contribution is 2.37. The molecule has 1 rings (SSSR count). The van der Waals surface area contributed by atoms with E-state index in [9.17, 15) is 4.57 Å². The number of hydrogen-bond donors (Lipinski definition) is 4. The Morgan fingerprint density at radius 2 is 2.00 bits per heavy atom. The highest BCUT2D eigenvalue weighted by Gasteiger charge is 2.29. The normalized spacial score (nSPS) is 21.2. The summed E-state index contributed by atoms with van der Waals surface area (Å²) < 4.78 is 13.9. The van der Waals surface area contributed by atoms with Crippen molar-refractivity contribution in [2.75, 3.05) is 0 Å². The quantitative estimate of drug-likeness (QED) is 0.274. The van der Waals surface area contributed by atoms with Crippen LogP contribution in [0.3, 0.4) is 0 Å². The van der Waals surface area contributed by atoms with Crippen LogP contribution in [0.2, 0.25) is 0 Å². The molecule has 0 aromatic rings. The van der Waals surface area contributed by atoms with Crippen LogP contribution in [-0.4, -0.2) is 16.1 Å². The van der Waals surface area contributed by atoms with E-state index in [0.29, 0.717) is 0 Å². The topological polar surface area (TPSA) is 111 Å². The Kier molecular flexibility index (Phi) is 1.36. The summed E-state index contributed by atoms with van der Waals surface area (Å²) in [5.41, 5.74) is 4.65. The summed E-state index contributed by atoms with van der Waals surface area (Å²) in [4.78, 5) is 16.1. The molecule has 1 aliphatic rings. The lowest BCUT2D eigenvalue weighted by molar-refractivity contribution is 0.181. The average molecular weight is 140 g/mol. The van der Waals surface area contributed by atoms with E-state index in [-0.39, 0.29) is 0 Å². The highest BCUT2D eigenvalue weighted by atomic mass is 31.2. The monoisotopic (exact) mass is 140 g/mol. The minimum absolute atomic E-state index is 0.671. The van der Waals surface area contributed by atoms with Crippen LogP contribution in [-0.2, 0) is 9.09 Å². The fourth-order valence-electron chi connectivity index (χ4n) is 0.224. The number of rotatable bonds is 2. The van der Waals surface area contributed by atoms with Crippen molar-refractivity contribution < 1.29 is 18.9 Å². The molecule has 0 atom stereocenters. The molecule has 1 heterocycles. The van der Waals surface area contributed by atoms with Gasteiger partial charge in [0.05, 0.1) is 0 Å². The predicted octanol–water partition coefficient (Wildman–Crippen LogP) is -1.51. The largest absolute Gasteiger partial charge is 0.472 e. The number of hydrogen-bond acceptors (Lipinski definition) is 4. The fourth-order valence-corrected chi connectivity index (χ4v) is 0.604. The molecule has 6 nitrogen and oxygen atoms in total. The van der Waals surface area contributed by atoms with Gasteiger partial charge in [-0.3, -0.25) is 4.52 Å². The summed E-state index contributed by atoms with van der Waals surface area (Å²) in [5.74, 6) is 0. The van der Waals surface area contributed by atoms with Gasteiger partial charge in [-0.1, -0.05) is 0 Å². The molecule has 0 bridgehead atoms. The van der Waals surface area contributed by atoms with Gasteiger partial charge in [0.15, 0.2) is 6.35 Å². The highest BCUT2D eigenvalue weighted by molar-refractivity contribution is 7.46. The third kappa shape index (κ3) is 2.37. The molecule has 8 heavy (non-hydrogen) atoms. The summed E-state index contributed by atoms with van der Waals surface area (Å²) in [6.07, 6.45) is -0.671. The van der Waals surface area contributed by atoms with Gasteiger partial charge in [-0.05, 0) is 0 Å². The Bertz CT molecular complexity index is 126. The van der Waals surface area contributed by atoms with Crippen molar-refractivity contribution in [2.45, 2.75) is 6.35 Å². The first-order valence-electron chi connectivity index (χ1n) is 1.83. The van der Waals surface area contributed by atoms with Crippen LogP contribution in [0.1, 0.15) is 0 Å². The summed E-state index contributed by atoms with van der Waals surface area (Å²) in [7, 11) is -4.28. The number of nitrogens with one attached hydrogen (secondary N) is 2. The van der Waals surface area contributed by atoms with Crippen LogP contribution >= 0.6 is 7.82 Å². The third-order valence-electron chi connectivity index (χ3n) is 0.505. The van der Waals surface area contributed by atoms with Gasteiger partial charge in [0.2, 0.25) is 0 Å². The first kappa shape index (κ1) is 6.15. The molecular formula is CH5N2O4P. The van der Waals surface area contributed by atoms with E-state index >= 15 is 0 Å². The van der Waals surface area contributed by atoms with Crippen molar-refractivity contribution in [2.24, 2.45) is 0 Å². The van der Waals surface area contributed by atoms with E-state index in [4.69, 9.17) is 9.79 Å². The molecule has 4 N–H and O–H groups in total. The Hall–Kier alpha value is 0.0300. The Balaban J connectivity index is 2.26. The van der Waals surface area contributed by atoms with E-state index in [0.717, 1.165) is 0 Å². The van der Waals surface area contributed by atoms with Crippen molar-refractivity contribution in [1.29, 1.82) is 0 Å². The molecule has 1 aliphatic heterocycles. The SMILES string of the molecule is O=P(O)(O)OC1NN1. The summed E-state index contributed by atoms with van der Waals surface area (Å²) in [5, 5.41) is 0. The van der Waals surface area contributed by atoms with E-state index < -0.39 is 14.2 Å². The zero-order chi connectivity index (χ0) is 6.20. The maximum Gasteiger partial charge on any atom is 0.472 e. The predicted molar refractivity (Wildman–Crippen MR) is 23.2 cm³/mol. The summed E-state index contributed by atoms with van der Waals surface area (Å²) in [6, 6.07) is 0. The molecule has 0 aliphatic carbocycles. The molecule has 1 saturated heterocycles. The van der Waals surface area contributed by atoms with Crippen molar-refractivity contribution >= 4 is 7.82 Å². The van der Waals surface area contributed by atoms with E-state index in [1.807, 2.05) is 0 Å². The van der Waals surface area contributed by atoms with Crippen LogP contribution in [0.15, 0.2) is 0 Å². The van der Waals surface area contributed by atoms with Gasteiger partial charge in [0.1, 0.15) is 0 Å². The maximum absolute atomic E-state index is 9.87. The van der Waals surface area contributed by atoms with Crippen LogP contribution in [0.25, 0.3) is 0 Å². The lowest BCUT2D eigenvalue weighted by Gasteiger charge is -1.97. The number of phosphoric ester groups is 1. The fraction of sp³-hybridized carbons (Fsp3) is 1.00. The zero-order valence-electron chi connectivity index (χ0n) is 3.74. The third-order valence-corrected chi connectivity index (χ3v) is 0.990. The van der Waals surface area contributed by atoms with Gasteiger partial charge in [0.25, 0.3) is 0 Å². The van der Waals surface area contributed by atoms with Crippen molar-refractivity contribution in [3.8, 4) is 0 Å². The summed E-state index contributed by atoms with van der Waals surface area (Å²) in [6.45, 7) is 0. The van der Waals surface area contributed by atoms with Gasteiger partial charge < -0.3 is 9.79 Å². The van der Waals surface area contributed by atoms with E-state index in [1.165, 1.54) is 0 Å². The maximum atomic E-state index is 9.87. The van der Waals surface area contributed by atoms with Crippen molar-refractivity contribution in [1.82, 2.24) is 10.9 Å². The molecule has 0 aromatic carbocycles. The molecule has 0 amide bonds. The molecule has 0 aromatic heterocycles. The molecular weight excluding hydrogens is 135 g/mol. The lowest BCUT2D eigenvalue weighted by Crippen LogP contribution is -1.96. The van der Waals surface area contributed by atoms with Gasteiger partial charge in [0, 0.05) is 0 Å². The number of hydrazine groups is 1. The Morgan fingerprint density at radius 3 is 2.12 bits per heavy atom. The van der Waals surface area contributed by atoms with Gasteiger partial charge in [-0.25, -0.2) is 15.4 Å². The van der Waals surface area contributed by atoms with Crippen LogP contribution in [0.4, 0.5) is 0 Å². The van der Waals surface area contributed by atoms with E-state index in [2.05, 4.69) is 15.4 Å². The minimum atomic E-state index is -4.28. The molecule has 1 fully saturated rings. The summed E-state index contributed by atoms with van der Waals surface area (Å²) >= 11 is 0. The molecule has 48 valence electrons. The second-order valence-electron chi connectivity index (χ2n) is 1.26. The first-order chi connectivity index (χ1) is 3.58. The molecule has 0 saturated carbocycles. The smallest absolute Gasteiger partial charge is 0.303 e. The lowest BCUT2D eigenvalue weighted by atomic mass is 11.3. The molecule has 0 unspecified atom stereocenters. The minimum Gasteiger partial charge on any atom is -0.303 e. The van der Waals surface area contributed by atoms with Gasteiger partial charge in [-0.15, -0.1) is 0 Å². The van der Waals surface area contributed by atoms with Gasteiger partial charge in [-0.2, -0.15) is 0 Å². The van der Waals surface area contributed by atoms with Crippen LogP contribution in [0.5, 0.6) is 0 Å². The molecule has 0 radical (unpaired) electrons. The van der Waals surface area contributed by atoms with Crippen molar-refractivity contribution in [3.05, 3.63) is 0 Å². The number of phosphoric acid groups is 1. The van der Waals surface area contributed by atoms with Crippen LogP contribution in [0, 0.1) is 0 Å². The van der Waals surface area contributed by atoms with Crippen molar-refractivity contribution in [3.63, 3.8) is 0 Å². The van der Waals surface area contributed by atoms with Gasteiger partial charge >= 0.3 is 7.82 Å². The van der Waals surface area contributed by atoms with E-state index in [1.54, 1.807) is 0 Å². The Morgan fingerprint density at radius 1 is 1.50 bits per heavy atom. The first-order valence-corrected chi connectivity index (χ1v) is 3.36. The molecule has 7 heteroatoms. The average Bonchev–Trinajstić information content (AvgIpc) is 2.12. The second kappa shape index (κ2) is 1.77. The standard InChI is InChI=1S/CH5N2O4P/c4-8(5,6)7-1-2-3-1/h1-3H,(H2,4,5,6). The van der Waals surface area contributed by atoms with Crippen LogP contribution < -0.4 is 10.9 Å².